The fourth-order valence-corrected chi connectivity index (χ4v) is 4.35. The molecule has 2 fully saturated rings. The fraction of sp³-hybridized carbons (Fsp3) is 0.500. The van der Waals surface area contributed by atoms with Crippen molar-refractivity contribution in [3.05, 3.63) is 30.6 Å². The second-order valence-corrected chi connectivity index (χ2v) is 8.73. The minimum absolute atomic E-state index is 0.0428. The summed E-state index contributed by atoms with van der Waals surface area (Å²) < 4.78 is 20.9. The molecular formula is C22H25FN4O3. The molecule has 158 valence electrons. The van der Waals surface area contributed by atoms with E-state index in [4.69, 9.17) is 4.74 Å². The van der Waals surface area contributed by atoms with Crippen LogP contribution in [0.15, 0.2) is 30.6 Å². The molecule has 1 saturated carbocycles. The highest BCUT2D eigenvalue weighted by molar-refractivity contribution is 6.06. The summed E-state index contributed by atoms with van der Waals surface area (Å²) in [7, 11) is 0. The van der Waals surface area contributed by atoms with E-state index in [2.05, 4.69) is 5.10 Å². The zero-order valence-electron chi connectivity index (χ0n) is 17.2. The summed E-state index contributed by atoms with van der Waals surface area (Å²) in [6.07, 6.45) is 5.36. The van der Waals surface area contributed by atoms with Crippen molar-refractivity contribution in [1.82, 2.24) is 9.78 Å². The number of carbonyl (C=O) groups excluding carboxylic acids is 2. The molecule has 1 saturated heterocycles. The molecule has 2 aliphatic heterocycles. The van der Waals surface area contributed by atoms with Crippen LogP contribution in [0.2, 0.25) is 0 Å². The van der Waals surface area contributed by atoms with Gasteiger partial charge in [-0.1, -0.05) is 6.07 Å². The second-order valence-electron chi connectivity index (χ2n) is 8.73. The Morgan fingerprint density at radius 3 is 2.63 bits per heavy atom. The van der Waals surface area contributed by atoms with Crippen LogP contribution < -0.4 is 9.80 Å². The number of carbonyl (C=O) groups is 2. The van der Waals surface area contributed by atoms with Gasteiger partial charge in [-0.2, -0.15) is 5.10 Å². The van der Waals surface area contributed by atoms with E-state index in [-0.39, 0.29) is 43.5 Å². The smallest absolute Gasteiger partial charge is 0.230 e. The Hall–Kier alpha value is -2.74. The summed E-state index contributed by atoms with van der Waals surface area (Å²) in [5.74, 6) is 0.174. The van der Waals surface area contributed by atoms with E-state index in [1.807, 2.05) is 36.2 Å². The first-order chi connectivity index (χ1) is 14.3. The lowest BCUT2D eigenvalue weighted by Gasteiger charge is -2.41. The average Bonchev–Trinajstić information content (AvgIpc) is 3.44. The van der Waals surface area contributed by atoms with E-state index >= 15 is 0 Å². The molecule has 1 atom stereocenters. The minimum Gasteiger partial charge on any atom is -0.374 e. The summed E-state index contributed by atoms with van der Waals surface area (Å²) in [6.45, 7) is 4.34. The molecule has 8 heteroatoms. The van der Waals surface area contributed by atoms with Crippen molar-refractivity contribution in [3.8, 4) is 11.1 Å². The lowest BCUT2D eigenvalue weighted by molar-refractivity contribution is -0.138. The number of benzene rings is 1. The van der Waals surface area contributed by atoms with E-state index in [1.54, 1.807) is 22.7 Å². The molecular weight excluding hydrogens is 387 g/mol. The number of alkyl halides is 1. The first-order valence-corrected chi connectivity index (χ1v) is 10.4. The van der Waals surface area contributed by atoms with Crippen molar-refractivity contribution in [1.29, 1.82) is 0 Å². The number of fused-ring (bicyclic) bond motifs is 1. The molecule has 30 heavy (non-hydrogen) atoms. The molecule has 1 aromatic heterocycles. The normalized spacial score (nSPS) is 22.4. The van der Waals surface area contributed by atoms with E-state index in [1.165, 1.54) is 0 Å². The Kier molecular flexibility index (Phi) is 4.43. The molecule has 0 unspecified atom stereocenters. The van der Waals surface area contributed by atoms with Crippen molar-refractivity contribution >= 4 is 23.2 Å². The number of halogens is 1. The van der Waals surface area contributed by atoms with Crippen molar-refractivity contribution in [2.75, 3.05) is 29.6 Å². The summed E-state index contributed by atoms with van der Waals surface area (Å²) >= 11 is 0. The van der Waals surface area contributed by atoms with Crippen LogP contribution in [-0.2, 0) is 20.9 Å². The lowest BCUT2D eigenvalue weighted by atomic mass is 10.0. The number of rotatable bonds is 4. The Morgan fingerprint density at radius 2 is 2.00 bits per heavy atom. The van der Waals surface area contributed by atoms with E-state index < -0.39 is 5.67 Å². The zero-order valence-corrected chi connectivity index (χ0v) is 17.2. The molecule has 0 spiro atoms. The van der Waals surface area contributed by atoms with E-state index in [9.17, 15) is 14.0 Å². The first kappa shape index (κ1) is 19.2. The fourth-order valence-electron chi connectivity index (χ4n) is 4.35. The van der Waals surface area contributed by atoms with Crippen molar-refractivity contribution in [2.24, 2.45) is 5.92 Å². The van der Waals surface area contributed by atoms with Gasteiger partial charge in [0.05, 0.1) is 43.4 Å². The predicted molar refractivity (Wildman–Crippen MR) is 110 cm³/mol. The third-order valence-corrected chi connectivity index (χ3v) is 6.08. The topological polar surface area (TPSA) is 67.7 Å². The maximum atomic E-state index is 14.3. The number of nitrogens with zero attached hydrogens (tertiary/aromatic N) is 4. The highest BCUT2D eigenvalue weighted by Crippen LogP contribution is 2.42. The summed E-state index contributed by atoms with van der Waals surface area (Å²) in [5, 5.41) is 4.30. The molecule has 2 amide bonds. The minimum atomic E-state index is -1.36. The van der Waals surface area contributed by atoms with Gasteiger partial charge in [0.1, 0.15) is 0 Å². The van der Waals surface area contributed by atoms with Crippen molar-refractivity contribution in [2.45, 2.75) is 44.9 Å². The molecule has 1 aliphatic carbocycles. The predicted octanol–water partition coefficient (Wildman–Crippen LogP) is 2.79. The third kappa shape index (κ3) is 3.29. The highest BCUT2D eigenvalue weighted by atomic mass is 19.1. The van der Waals surface area contributed by atoms with E-state index in [0.717, 1.165) is 35.3 Å². The van der Waals surface area contributed by atoms with Gasteiger partial charge in [-0.15, -0.1) is 0 Å². The van der Waals surface area contributed by atoms with Crippen molar-refractivity contribution in [3.63, 3.8) is 0 Å². The molecule has 5 rings (SSSR count). The van der Waals surface area contributed by atoms with Gasteiger partial charge in [0.15, 0.2) is 5.67 Å². The first-order valence-electron chi connectivity index (χ1n) is 10.4. The second kappa shape index (κ2) is 6.91. The molecule has 7 nitrogen and oxygen atoms in total. The number of hydrogen-bond donors (Lipinski definition) is 0. The molecule has 0 bridgehead atoms. The average molecular weight is 412 g/mol. The summed E-state index contributed by atoms with van der Waals surface area (Å²) in [6, 6.07) is 5.67. The quantitative estimate of drug-likeness (QED) is 0.775. The largest absolute Gasteiger partial charge is 0.374 e. The Bertz CT molecular complexity index is 1010. The van der Waals surface area contributed by atoms with Crippen LogP contribution in [0.5, 0.6) is 0 Å². The molecule has 3 heterocycles. The summed E-state index contributed by atoms with van der Waals surface area (Å²) in [5.41, 5.74) is 1.86. The number of amides is 2. The third-order valence-electron chi connectivity index (χ3n) is 6.08. The van der Waals surface area contributed by atoms with Crippen LogP contribution in [0.3, 0.4) is 0 Å². The molecule has 1 aromatic carbocycles. The van der Waals surface area contributed by atoms with Crippen LogP contribution >= 0.6 is 0 Å². The van der Waals surface area contributed by atoms with Crippen molar-refractivity contribution < 1.29 is 18.7 Å². The van der Waals surface area contributed by atoms with Gasteiger partial charge in [0, 0.05) is 31.1 Å². The monoisotopic (exact) mass is 412 g/mol. The summed E-state index contributed by atoms with van der Waals surface area (Å²) in [4.78, 5) is 28.8. The SMILES string of the molecule is CC(=O)N1c2ccc(-c3cnn(CC4(F)COC4)c3)cc2N(C(=O)C2CC2)C[C@@H]1C. The number of ether oxygens (including phenoxy) is 1. The zero-order chi connectivity index (χ0) is 21.0. The number of aromatic nitrogens is 2. The van der Waals surface area contributed by atoms with Crippen LogP contribution in [0.4, 0.5) is 15.8 Å². The van der Waals surface area contributed by atoms with Gasteiger partial charge in [-0.05, 0) is 37.5 Å². The maximum absolute atomic E-state index is 14.3. The van der Waals surface area contributed by atoms with Crippen LogP contribution in [0.25, 0.3) is 11.1 Å². The van der Waals surface area contributed by atoms with Gasteiger partial charge in [0.25, 0.3) is 0 Å². The molecule has 2 aromatic rings. The van der Waals surface area contributed by atoms with Gasteiger partial charge in [-0.25, -0.2) is 4.39 Å². The highest BCUT2D eigenvalue weighted by Gasteiger charge is 2.40. The molecule has 0 N–H and O–H groups in total. The standard InChI is InChI=1S/C22H25FN4O3/c1-14-9-26(21(29)16-3-4-16)20-7-17(5-6-19(20)27(14)15(2)28)18-8-24-25(10-18)11-22(23)12-30-13-22/h5-8,10,14,16H,3-4,9,11-13H2,1-2H3/t14-/m0/s1. The van der Waals surface area contributed by atoms with E-state index in [0.29, 0.717) is 6.54 Å². The number of anilines is 2. The number of hydrogen-bond acceptors (Lipinski definition) is 4. The Balaban J connectivity index is 1.50. The van der Waals surface area contributed by atoms with Gasteiger partial charge < -0.3 is 14.5 Å². The molecule has 0 radical (unpaired) electrons. The Labute approximate surface area is 174 Å². The van der Waals surface area contributed by atoms with Gasteiger partial charge >= 0.3 is 0 Å². The van der Waals surface area contributed by atoms with Crippen LogP contribution in [-0.4, -0.2) is 53.1 Å². The van der Waals surface area contributed by atoms with Crippen LogP contribution in [0.1, 0.15) is 26.7 Å². The van der Waals surface area contributed by atoms with Gasteiger partial charge in [-0.3, -0.25) is 14.3 Å². The molecule has 3 aliphatic rings. The Morgan fingerprint density at radius 1 is 1.23 bits per heavy atom. The van der Waals surface area contributed by atoms with Gasteiger partial charge in [0.2, 0.25) is 11.8 Å². The lowest BCUT2D eigenvalue weighted by Crippen LogP contribution is -2.51. The van der Waals surface area contributed by atoms with Crippen LogP contribution in [0, 0.1) is 5.92 Å². The maximum Gasteiger partial charge on any atom is 0.230 e.